The summed E-state index contributed by atoms with van der Waals surface area (Å²) in [5.41, 5.74) is 5.46. The monoisotopic (exact) mass is 257 g/mol. The molecule has 2 aromatic carbocycles. The summed E-state index contributed by atoms with van der Waals surface area (Å²) >= 11 is 0. The van der Waals surface area contributed by atoms with Crippen LogP contribution in [0.2, 0.25) is 0 Å². The number of hydrogen-bond donors (Lipinski definition) is 1. The number of para-hydroxylation sites is 3. The van der Waals surface area contributed by atoms with Gasteiger partial charge in [0.2, 0.25) is 0 Å². The Labute approximate surface area is 114 Å². The van der Waals surface area contributed by atoms with Gasteiger partial charge in [0.05, 0.1) is 6.61 Å². The van der Waals surface area contributed by atoms with Crippen LogP contribution in [0.1, 0.15) is 12.8 Å². The third-order valence-corrected chi connectivity index (χ3v) is 2.68. The van der Waals surface area contributed by atoms with Gasteiger partial charge >= 0.3 is 0 Å². The van der Waals surface area contributed by atoms with Crippen LogP contribution in [-0.2, 0) is 0 Å². The maximum Gasteiger partial charge on any atom is 0.169 e. The smallest absolute Gasteiger partial charge is 0.169 e. The van der Waals surface area contributed by atoms with Crippen LogP contribution in [0.25, 0.3) is 0 Å². The number of benzene rings is 2. The molecule has 2 N–H and O–H groups in total. The van der Waals surface area contributed by atoms with E-state index in [2.05, 4.69) is 0 Å². The zero-order valence-electron chi connectivity index (χ0n) is 10.9. The highest BCUT2D eigenvalue weighted by atomic mass is 16.5. The highest BCUT2D eigenvalue weighted by molar-refractivity contribution is 5.42. The maximum atomic E-state index is 5.82. The summed E-state index contributed by atoms with van der Waals surface area (Å²) in [4.78, 5) is 0. The minimum atomic E-state index is 0.659. The highest BCUT2D eigenvalue weighted by Crippen LogP contribution is 2.31. The molecule has 0 heterocycles. The molecule has 0 aliphatic carbocycles. The molecule has 0 amide bonds. The topological polar surface area (TPSA) is 44.5 Å². The molecule has 3 heteroatoms. The molecule has 0 aliphatic heterocycles. The molecule has 100 valence electrons. The molecule has 0 aliphatic rings. The first kappa shape index (κ1) is 13.4. The molecule has 2 rings (SSSR count). The second-order valence-corrected chi connectivity index (χ2v) is 4.21. The summed E-state index contributed by atoms with van der Waals surface area (Å²) in [5.74, 6) is 2.31. The SMILES string of the molecule is NCCCCOc1ccccc1Oc1ccccc1. The highest BCUT2D eigenvalue weighted by Gasteiger charge is 2.04. The van der Waals surface area contributed by atoms with Crippen molar-refractivity contribution < 1.29 is 9.47 Å². The molecule has 2 aromatic rings. The minimum absolute atomic E-state index is 0.659. The summed E-state index contributed by atoms with van der Waals surface area (Å²) < 4.78 is 11.5. The van der Waals surface area contributed by atoms with E-state index in [9.17, 15) is 0 Å². The molecule has 19 heavy (non-hydrogen) atoms. The van der Waals surface area contributed by atoms with Crippen molar-refractivity contribution in [3.63, 3.8) is 0 Å². The normalized spacial score (nSPS) is 10.2. The molecule has 0 radical (unpaired) electrons. The lowest BCUT2D eigenvalue weighted by Gasteiger charge is -2.12. The van der Waals surface area contributed by atoms with E-state index >= 15 is 0 Å². The van der Waals surface area contributed by atoms with E-state index in [1.807, 2.05) is 54.6 Å². The van der Waals surface area contributed by atoms with Crippen LogP contribution in [-0.4, -0.2) is 13.2 Å². The molecular weight excluding hydrogens is 238 g/mol. The third kappa shape index (κ3) is 4.30. The van der Waals surface area contributed by atoms with Crippen LogP contribution >= 0.6 is 0 Å². The van der Waals surface area contributed by atoms with Gasteiger partial charge in [0.15, 0.2) is 11.5 Å². The van der Waals surface area contributed by atoms with Crippen LogP contribution in [0.3, 0.4) is 0 Å². The van der Waals surface area contributed by atoms with Gasteiger partial charge < -0.3 is 15.2 Å². The van der Waals surface area contributed by atoms with Gasteiger partial charge in [0.1, 0.15) is 5.75 Å². The Balaban J connectivity index is 2.00. The lowest BCUT2D eigenvalue weighted by Crippen LogP contribution is -2.03. The van der Waals surface area contributed by atoms with Crippen LogP contribution in [0.5, 0.6) is 17.2 Å². The molecule has 0 saturated carbocycles. The largest absolute Gasteiger partial charge is 0.490 e. The van der Waals surface area contributed by atoms with Crippen LogP contribution in [0.4, 0.5) is 0 Å². The van der Waals surface area contributed by atoms with Crippen molar-refractivity contribution in [1.82, 2.24) is 0 Å². The van der Waals surface area contributed by atoms with E-state index < -0.39 is 0 Å². The molecular formula is C16H19NO2. The van der Waals surface area contributed by atoms with Crippen LogP contribution < -0.4 is 15.2 Å². The van der Waals surface area contributed by atoms with Gasteiger partial charge in [0, 0.05) is 0 Å². The standard InChI is InChI=1S/C16H19NO2/c17-12-6-7-13-18-15-10-4-5-11-16(15)19-14-8-2-1-3-9-14/h1-5,8-11H,6-7,12-13,17H2. The van der Waals surface area contributed by atoms with E-state index in [4.69, 9.17) is 15.2 Å². The van der Waals surface area contributed by atoms with Gasteiger partial charge in [-0.15, -0.1) is 0 Å². The van der Waals surface area contributed by atoms with Gasteiger partial charge in [-0.1, -0.05) is 30.3 Å². The molecule has 0 aromatic heterocycles. The summed E-state index contributed by atoms with van der Waals surface area (Å²) in [6.45, 7) is 1.36. The zero-order valence-corrected chi connectivity index (χ0v) is 10.9. The summed E-state index contributed by atoms with van der Waals surface area (Å²) in [7, 11) is 0. The molecule has 0 spiro atoms. The summed E-state index contributed by atoms with van der Waals surface area (Å²) in [6.07, 6.45) is 1.93. The Morgan fingerprint density at radius 3 is 2.21 bits per heavy atom. The van der Waals surface area contributed by atoms with Crippen molar-refractivity contribution in [2.45, 2.75) is 12.8 Å². The second-order valence-electron chi connectivity index (χ2n) is 4.21. The summed E-state index contributed by atoms with van der Waals surface area (Å²) in [5, 5.41) is 0. The first-order valence-electron chi connectivity index (χ1n) is 6.55. The Bertz CT molecular complexity index is 485. The summed E-state index contributed by atoms with van der Waals surface area (Å²) in [6, 6.07) is 17.4. The third-order valence-electron chi connectivity index (χ3n) is 2.68. The van der Waals surface area contributed by atoms with Gasteiger partial charge in [-0.25, -0.2) is 0 Å². The molecule has 3 nitrogen and oxygen atoms in total. The van der Waals surface area contributed by atoms with E-state index in [0.717, 1.165) is 30.1 Å². The van der Waals surface area contributed by atoms with Crippen LogP contribution in [0.15, 0.2) is 54.6 Å². The Morgan fingerprint density at radius 2 is 1.47 bits per heavy atom. The fourth-order valence-electron chi connectivity index (χ4n) is 1.70. The molecule has 0 atom stereocenters. The van der Waals surface area contributed by atoms with Crippen molar-refractivity contribution in [2.75, 3.05) is 13.2 Å². The maximum absolute atomic E-state index is 5.82. The Kier molecular flexibility index (Phi) is 5.26. The van der Waals surface area contributed by atoms with Crippen molar-refractivity contribution >= 4 is 0 Å². The quantitative estimate of drug-likeness (QED) is 0.771. The first-order valence-corrected chi connectivity index (χ1v) is 6.55. The zero-order chi connectivity index (χ0) is 13.3. The van der Waals surface area contributed by atoms with Gasteiger partial charge in [-0.05, 0) is 43.7 Å². The van der Waals surface area contributed by atoms with Gasteiger partial charge in [0.25, 0.3) is 0 Å². The Hall–Kier alpha value is -2.00. The number of unbranched alkanes of at least 4 members (excludes halogenated alkanes) is 1. The van der Waals surface area contributed by atoms with E-state index in [0.29, 0.717) is 13.2 Å². The van der Waals surface area contributed by atoms with Gasteiger partial charge in [-0.3, -0.25) is 0 Å². The second kappa shape index (κ2) is 7.44. The average molecular weight is 257 g/mol. The molecule has 0 bridgehead atoms. The fraction of sp³-hybridized carbons (Fsp3) is 0.250. The predicted molar refractivity (Wildman–Crippen MR) is 76.7 cm³/mol. The van der Waals surface area contributed by atoms with E-state index in [-0.39, 0.29) is 0 Å². The Morgan fingerprint density at radius 1 is 0.789 bits per heavy atom. The van der Waals surface area contributed by atoms with Crippen molar-refractivity contribution in [3.8, 4) is 17.2 Å². The van der Waals surface area contributed by atoms with Crippen molar-refractivity contribution in [2.24, 2.45) is 5.73 Å². The van der Waals surface area contributed by atoms with Crippen molar-refractivity contribution in [1.29, 1.82) is 0 Å². The predicted octanol–water partition coefficient (Wildman–Crippen LogP) is 3.60. The molecule has 0 unspecified atom stereocenters. The number of nitrogens with two attached hydrogens (primary N) is 1. The van der Waals surface area contributed by atoms with E-state index in [1.54, 1.807) is 0 Å². The minimum Gasteiger partial charge on any atom is -0.490 e. The fourth-order valence-corrected chi connectivity index (χ4v) is 1.70. The van der Waals surface area contributed by atoms with E-state index in [1.165, 1.54) is 0 Å². The average Bonchev–Trinajstić information content (AvgIpc) is 2.46. The number of rotatable bonds is 7. The number of hydrogen-bond acceptors (Lipinski definition) is 3. The van der Waals surface area contributed by atoms with Gasteiger partial charge in [-0.2, -0.15) is 0 Å². The lowest BCUT2D eigenvalue weighted by atomic mass is 10.3. The first-order chi connectivity index (χ1) is 9.40. The lowest BCUT2D eigenvalue weighted by molar-refractivity contribution is 0.294. The number of ether oxygens (including phenoxy) is 2. The van der Waals surface area contributed by atoms with Crippen molar-refractivity contribution in [3.05, 3.63) is 54.6 Å². The van der Waals surface area contributed by atoms with Crippen LogP contribution in [0, 0.1) is 0 Å². The molecule has 0 fully saturated rings. The molecule has 0 saturated heterocycles.